The molecule has 0 saturated heterocycles. The number of aryl methyl sites for hydroxylation is 1. The molecule has 0 radical (unpaired) electrons. The van der Waals surface area contributed by atoms with E-state index in [-0.39, 0.29) is 24.7 Å². The maximum absolute atomic E-state index is 12.6. The lowest BCUT2D eigenvalue weighted by Crippen LogP contribution is -2.53. The molecular formula is C23H29ClN6O4S. The van der Waals surface area contributed by atoms with Crippen molar-refractivity contribution < 1.29 is 19.2 Å². The lowest BCUT2D eigenvalue weighted by atomic mass is 10.1. The van der Waals surface area contributed by atoms with Gasteiger partial charge in [0.15, 0.2) is 0 Å². The van der Waals surface area contributed by atoms with Crippen molar-refractivity contribution >= 4 is 52.4 Å². The molecule has 188 valence electrons. The number of halogens is 1. The number of fused-ring (bicyclic) bond motifs is 1. The Hall–Kier alpha value is -3.02. The van der Waals surface area contributed by atoms with Gasteiger partial charge in [-0.25, -0.2) is 4.98 Å². The first-order valence-electron chi connectivity index (χ1n) is 11.1. The molecule has 4 amide bonds. The van der Waals surface area contributed by atoms with Crippen LogP contribution in [0.2, 0.25) is 5.02 Å². The molecule has 1 aliphatic heterocycles. The summed E-state index contributed by atoms with van der Waals surface area (Å²) in [6.45, 7) is 1.71. The number of carbonyl (C=O) groups is 4. The molecule has 35 heavy (non-hydrogen) atoms. The molecule has 1 aliphatic rings. The van der Waals surface area contributed by atoms with Crippen molar-refractivity contribution in [3.8, 4) is 0 Å². The van der Waals surface area contributed by atoms with Crippen LogP contribution < -0.4 is 16.0 Å². The van der Waals surface area contributed by atoms with Gasteiger partial charge in [0.1, 0.15) is 11.9 Å². The number of anilines is 1. The van der Waals surface area contributed by atoms with Gasteiger partial charge in [-0.3, -0.25) is 19.2 Å². The molecule has 1 unspecified atom stereocenters. The molecule has 0 spiro atoms. The third-order valence-corrected chi connectivity index (χ3v) is 6.94. The van der Waals surface area contributed by atoms with E-state index in [0.29, 0.717) is 11.4 Å². The van der Waals surface area contributed by atoms with Crippen molar-refractivity contribution in [2.45, 2.75) is 31.8 Å². The molecule has 0 aromatic carbocycles. The summed E-state index contributed by atoms with van der Waals surface area (Å²) in [5.74, 6) is -2.45. The number of nitrogens with one attached hydrogen (secondary N) is 3. The largest absolute Gasteiger partial charge is 0.347 e. The van der Waals surface area contributed by atoms with Crippen LogP contribution in [0, 0.1) is 0 Å². The second-order valence-corrected chi connectivity index (χ2v) is 10.2. The summed E-state index contributed by atoms with van der Waals surface area (Å²) in [7, 11) is 5.19. The highest BCUT2D eigenvalue weighted by Crippen LogP contribution is 2.28. The molecule has 3 heterocycles. The first-order valence-corrected chi connectivity index (χ1v) is 12.3. The Bertz CT molecular complexity index is 1090. The number of hydrogen-bond acceptors (Lipinski definition) is 7. The van der Waals surface area contributed by atoms with Gasteiger partial charge in [-0.05, 0) is 43.7 Å². The lowest BCUT2D eigenvalue weighted by Gasteiger charge is -2.22. The molecule has 0 bridgehead atoms. The fourth-order valence-corrected chi connectivity index (χ4v) is 4.85. The molecule has 1 atom stereocenters. The van der Waals surface area contributed by atoms with E-state index < -0.39 is 23.8 Å². The van der Waals surface area contributed by atoms with Crippen LogP contribution in [0.4, 0.5) is 5.82 Å². The van der Waals surface area contributed by atoms with E-state index in [0.717, 1.165) is 24.4 Å². The van der Waals surface area contributed by atoms with Crippen LogP contribution >= 0.6 is 22.9 Å². The Morgan fingerprint density at radius 1 is 1.23 bits per heavy atom. The topological polar surface area (TPSA) is 124 Å². The van der Waals surface area contributed by atoms with Gasteiger partial charge in [0.2, 0.25) is 11.8 Å². The zero-order valence-electron chi connectivity index (χ0n) is 19.9. The highest BCUT2D eigenvalue weighted by atomic mass is 35.5. The van der Waals surface area contributed by atoms with Gasteiger partial charge >= 0.3 is 11.8 Å². The summed E-state index contributed by atoms with van der Waals surface area (Å²) < 4.78 is 0. The summed E-state index contributed by atoms with van der Waals surface area (Å²) in [4.78, 5) is 59.5. The monoisotopic (exact) mass is 520 g/mol. The number of amides is 4. The molecule has 2 aromatic rings. The SMILES string of the molecule is CN1CCc2sc(CCC(=O)NC(CNC(=O)C(=O)Nc3ccc(Cl)cn3)C(=O)N(C)C)cc2C1. The first kappa shape index (κ1) is 26.6. The summed E-state index contributed by atoms with van der Waals surface area (Å²) in [6.07, 6.45) is 3.13. The van der Waals surface area contributed by atoms with Crippen LogP contribution in [0.25, 0.3) is 0 Å². The second kappa shape index (κ2) is 12.1. The first-order chi connectivity index (χ1) is 16.6. The van der Waals surface area contributed by atoms with Crippen LogP contribution in [-0.2, 0) is 38.6 Å². The van der Waals surface area contributed by atoms with Crippen molar-refractivity contribution in [1.29, 1.82) is 0 Å². The maximum atomic E-state index is 12.6. The number of hydrogen-bond donors (Lipinski definition) is 3. The summed E-state index contributed by atoms with van der Waals surface area (Å²) in [5.41, 5.74) is 1.31. The van der Waals surface area contributed by atoms with E-state index in [1.54, 1.807) is 25.4 Å². The molecule has 0 saturated carbocycles. The van der Waals surface area contributed by atoms with E-state index in [1.807, 2.05) is 0 Å². The Kier molecular flexibility index (Phi) is 9.19. The highest BCUT2D eigenvalue weighted by molar-refractivity contribution is 7.12. The van der Waals surface area contributed by atoms with E-state index in [4.69, 9.17) is 11.6 Å². The number of pyridine rings is 1. The zero-order valence-corrected chi connectivity index (χ0v) is 21.5. The Balaban J connectivity index is 1.52. The van der Waals surface area contributed by atoms with Crippen molar-refractivity contribution in [3.05, 3.63) is 44.7 Å². The van der Waals surface area contributed by atoms with Crippen LogP contribution in [-0.4, -0.2) is 78.7 Å². The van der Waals surface area contributed by atoms with E-state index in [9.17, 15) is 19.2 Å². The number of likely N-dealkylation sites (N-methyl/N-ethyl adjacent to an activating group) is 2. The van der Waals surface area contributed by atoms with Gasteiger partial charge in [-0.1, -0.05) is 11.6 Å². The maximum Gasteiger partial charge on any atom is 0.314 e. The number of nitrogens with zero attached hydrogens (tertiary/aromatic N) is 3. The highest BCUT2D eigenvalue weighted by Gasteiger charge is 2.25. The predicted octanol–water partition coefficient (Wildman–Crippen LogP) is 1.04. The summed E-state index contributed by atoms with van der Waals surface area (Å²) >= 11 is 7.48. The number of thiophene rings is 1. The molecule has 2 aromatic heterocycles. The van der Waals surface area contributed by atoms with E-state index in [1.165, 1.54) is 33.7 Å². The normalized spacial score (nSPS) is 13.9. The summed E-state index contributed by atoms with van der Waals surface area (Å²) in [5, 5.41) is 7.81. The smallest absolute Gasteiger partial charge is 0.314 e. The third-order valence-electron chi connectivity index (χ3n) is 5.42. The standard InChI is InChI=1S/C23H29ClN6O4S/c1-29(2)23(34)17(12-26-21(32)22(33)28-19-6-4-15(24)11-25-19)27-20(31)7-5-16-10-14-13-30(3)9-8-18(14)35-16/h4,6,10-11,17H,5,7-9,12-13H2,1-3H3,(H,26,32)(H,27,31)(H,25,28,33). The average Bonchev–Trinajstić information content (AvgIpc) is 3.23. The zero-order chi connectivity index (χ0) is 25.5. The third kappa shape index (κ3) is 7.74. The van der Waals surface area contributed by atoms with Crippen molar-refractivity contribution in [3.63, 3.8) is 0 Å². The fourth-order valence-electron chi connectivity index (χ4n) is 3.57. The van der Waals surface area contributed by atoms with Crippen LogP contribution in [0.3, 0.4) is 0 Å². The minimum Gasteiger partial charge on any atom is -0.347 e. The minimum absolute atomic E-state index is 0.158. The minimum atomic E-state index is -1.01. The van der Waals surface area contributed by atoms with Crippen LogP contribution in [0.1, 0.15) is 21.7 Å². The van der Waals surface area contributed by atoms with E-state index >= 15 is 0 Å². The van der Waals surface area contributed by atoms with Crippen LogP contribution in [0.5, 0.6) is 0 Å². The average molecular weight is 521 g/mol. The van der Waals surface area contributed by atoms with Gasteiger partial charge in [-0.2, -0.15) is 0 Å². The number of aromatic nitrogens is 1. The fraction of sp³-hybridized carbons (Fsp3) is 0.435. The van der Waals surface area contributed by atoms with Gasteiger partial charge in [0, 0.05) is 56.1 Å². The van der Waals surface area contributed by atoms with Gasteiger partial charge in [0.05, 0.1) is 5.02 Å². The molecule has 3 N–H and O–H groups in total. The van der Waals surface area contributed by atoms with Crippen molar-refractivity contribution in [2.75, 3.05) is 39.5 Å². The molecule has 0 aliphatic carbocycles. The van der Waals surface area contributed by atoms with Crippen molar-refractivity contribution in [2.24, 2.45) is 0 Å². The molecule has 12 heteroatoms. The quantitative estimate of drug-likeness (QED) is 0.447. The lowest BCUT2D eigenvalue weighted by molar-refractivity contribution is -0.137. The van der Waals surface area contributed by atoms with E-state index in [2.05, 4.69) is 38.9 Å². The number of rotatable bonds is 8. The Morgan fingerprint density at radius 3 is 2.69 bits per heavy atom. The Labute approximate surface area is 213 Å². The summed E-state index contributed by atoms with van der Waals surface area (Å²) in [6, 6.07) is 4.12. The van der Waals surface area contributed by atoms with Crippen molar-refractivity contribution in [1.82, 2.24) is 25.4 Å². The Morgan fingerprint density at radius 2 is 2.00 bits per heavy atom. The van der Waals surface area contributed by atoms with Gasteiger partial charge < -0.3 is 25.8 Å². The van der Waals surface area contributed by atoms with Gasteiger partial charge in [0.25, 0.3) is 0 Å². The molecule has 10 nitrogen and oxygen atoms in total. The second-order valence-electron chi connectivity index (χ2n) is 8.53. The van der Waals surface area contributed by atoms with Gasteiger partial charge in [-0.15, -0.1) is 11.3 Å². The number of carbonyl (C=O) groups excluding carboxylic acids is 4. The molecule has 0 fully saturated rings. The van der Waals surface area contributed by atoms with Crippen LogP contribution in [0.15, 0.2) is 24.4 Å². The molecular weight excluding hydrogens is 492 g/mol. The predicted molar refractivity (Wildman–Crippen MR) is 134 cm³/mol. The molecule has 3 rings (SSSR count).